The van der Waals surface area contributed by atoms with Gasteiger partial charge in [0.15, 0.2) is 0 Å². The van der Waals surface area contributed by atoms with Gasteiger partial charge in [0.25, 0.3) is 5.91 Å². The van der Waals surface area contributed by atoms with Crippen LogP contribution >= 0.6 is 0 Å². The number of fused-ring (bicyclic) bond motifs is 1. The van der Waals surface area contributed by atoms with Gasteiger partial charge in [0, 0.05) is 24.8 Å². The zero-order valence-corrected chi connectivity index (χ0v) is 18.5. The molecule has 1 N–H and O–H groups in total. The Kier molecular flexibility index (Phi) is 8.40. The van der Waals surface area contributed by atoms with Crippen LogP contribution in [0.2, 0.25) is 0 Å². The Morgan fingerprint density at radius 1 is 1.10 bits per heavy atom. The van der Waals surface area contributed by atoms with Crippen LogP contribution in [0.1, 0.15) is 75.1 Å². The third-order valence-electron chi connectivity index (χ3n) is 6.49. The third-order valence-corrected chi connectivity index (χ3v) is 6.49. The monoisotopic (exact) mass is 416 g/mol. The van der Waals surface area contributed by atoms with Crippen LogP contribution in [0.25, 0.3) is 0 Å². The zero-order valence-electron chi connectivity index (χ0n) is 18.5. The highest BCUT2D eigenvalue weighted by Crippen LogP contribution is 2.37. The number of nitrogens with zero attached hydrogens (tertiary/aromatic N) is 1. The predicted octanol–water partition coefficient (Wildman–Crippen LogP) is 5.48. The maximum absolute atomic E-state index is 13.1. The van der Waals surface area contributed by atoms with Crippen molar-refractivity contribution < 1.29 is 19.1 Å². The molecule has 1 aromatic rings. The lowest BCUT2D eigenvalue weighted by Crippen LogP contribution is -2.44. The summed E-state index contributed by atoms with van der Waals surface area (Å²) in [5, 5.41) is 2.72. The number of nitrogens with one attached hydrogen (secondary N) is 1. The number of likely N-dealkylation sites (tertiary alicyclic amines) is 1. The topological polar surface area (TPSA) is 67.9 Å². The van der Waals surface area contributed by atoms with E-state index in [-0.39, 0.29) is 5.91 Å². The summed E-state index contributed by atoms with van der Waals surface area (Å²) in [6.45, 7) is 4.22. The smallest absolute Gasteiger partial charge is 0.411 e. The average Bonchev–Trinajstić information content (AvgIpc) is 2.78. The van der Waals surface area contributed by atoms with Gasteiger partial charge in [0.1, 0.15) is 5.75 Å². The van der Waals surface area contributed by atoms with E-state index >= 15 is 0 Å². The van der Waals surface area contributed by atoms with Crippen LogP contribution in [0.15, 0.2) is 18.2 Å². The quantitative estimate of drug-likeness (QED) is 0.570. The van der Waals surface area contributed by atoms with Crippen molar-refractivity contribution in [3.05, 3.63) is 23.8 Å². The molecule has 1 saturated carbocycles. The summed E-state index contributed by atoms with van der Waals surface area (Å²) in [6, 6.07) is 5.17. The van der Waals surface area contributed by atoms with Gasteiger partial charge in [-0.25, -0.2) is 4.79 Å². The van der Waals surface area contributed by atoms with Gasteiger partial charge in [-0.1, -0.05) is 45.4 Å². The molecule has 2 atom stereocenters. The van der Waals surface area contributed by atoms with E-state index in [0.717, 1.165) is 51.1 Å². The van der Waals surface area contributed by atoms with E-state index in [1.807, 2.05) is 4.90 Å². The first-order chi connectivity index (χ1) is 14.6. The molecule has 2 aliphatic rings. The number of hydrogen-bond acceptors (Lipinski definition) is 4. The highest BCUT2D eigenvalue weighted by molar-refractivity contribution is 5.98. The number of hydrogen-bond donors (Lipinski definition) is 1. The summed E-state index contributed by atoms with van der Waals surface area (Å²) in [4.78, 5) is 27.1. The van der Waals surface area contributed by atoms with Crippen molar-refractivity contribution in [3.63, 3.8) is 0 Å². The Bertz CT molecular complexity index is 721. The maximum Gasteiger partial charge on any atom is 0.411 e. The first kappa shape index (κ1) is 22.4. The Morgan fingerprint density at radius 3 is 2.67 bits per heavy atom. The van der Waals surface area contributed by atoms with Crippen LogP contribution < -0.4 is 10.1 Å². The van der Waals surface area contributed by atoms with Gasteiger partial charge in [-0.05, 0) is 43.2 Å². The molecule has 1 aliphatic heterocycles. The van der Waals surface area contributed by atoms with Crippen LogP contribution in [0.4, 0.5) is 10.5 Å². The normalized spacial score (nSPS) is 20.9. The molecule has 0 bridgehead atoms. The number of carbonyl (C=O) groups is 2. The summed E-state index contributed by atoms with van der Waals surface area (Å²) in [6.07, 6.45) is 10.0. The molecule has 0 radical (unpaired) electrons. The summed E-state index contributed by atoms with van der Waals surface area (Å²) in [5.74, 6) is 1.91. The summed E-state index contributed by atoms with van der Waals surface area (Å²) >= 11 is 0. The van der Waals surface area contributed by atoms with Crippen molar-refractivity contribution in [2.45, 2.75) is 64.7 Å². The first-order valence-electron chi connectivity index (χ1n) is 11.5. The van der Waals surface area contributed by atoms with E-state index in [1.54, 1.807) is 25.3 Å². The number of rotatable bonds is 8. The van der Waals surface area contributed by atoms with Crippen molar-refractivity contribution in [3.8, 4) is 5.75 Å². The lowest BCUT2D eigenvalue weighted by Gasteiger charge is -2.41. The van der Waals surface area contributed by atoms with Crippen molar-refractivity contribution >= 4 is 17.7 Å². The fourth-order valence-electron chi connectivity index (χ4n) is 4.75. The molecule has 1 aliphatic carbocycles. The molecule has 0 spiro atoms. The number of anilines is 1. The van der Waals surface area contributed by atoms with Gasteiger partial charge in [0.2, 0.25) is 0 Å². The second-order valence-electron chi connectivity index (χ2n) is 8.58. The lowest BCUT2D eigenvalue weighted by molar-refractivity contribution is 0.0518. The number of methoxy groups -OCH3 is 1. The van der Waals surface area contributed by atoms with Gasteiger partial charge >= 0.3 is 6.09 Å². The highest BCUT2D eigenvalue weighted by Gasteiger charge is 2.33. The molecule has 6 heteroatoms. The van der Waals surface area contributed by atoms with Crippen LogP contribution in [-0.4, -0.2) is 43.7 Å². The van der Waals surface area contributed by atoms with Gasteiger partial charge in [-0.15, -0.1) is 0 Å². The summed E-state index contributed by atoms with van der Waals surface area (Å²) in [5.41, 5.74) is 1.11. The van der Waals surface area contributed by atoms with E-state index in [4.69, 9.17) is 9.47 Å². The second-order valence-corrected chi connectivity index (χ2v) is 8.58. The molecular weight excluding hydrogens is 380 g/mol. The molecule has 6 nitrogen and oxygen atoms in total. The van der Waals surface area contributed by atoms with Crippen LogP contribution in [0.3, 0.4) is 0 Å². The molecule has 2 amide bonds. The Morgan fingerprint density at radius 2 is 1.90 bits per heavy atom. The minimum atomic E-state index is -0.480. The number of amides is 2. The van der Waals surface area contributed by atoms with Gasteiger partial charge < -0.3 is 14.4 Å². The fraction of sp³-hybridized carbons (Fsp3) is 0.667. The molecule has 1 heterocycles. The third kappa shape index (κ3) is 5.89. The second kappa shape index (κ2) is 11.2. The largest absolute Gasteiger partial charge is 0.496 e. The Hall–Kier alpha value is -2.24. The Balaban J connectivity index is 1.57. The molecule has 2 fully saturated rings. The molecule has 166 valence electrons. The number of benzene rings is 1. The molecule has 1 saturated heterocycles. The van der Waals surface area contributed by atoms with E-state index in [1.165, 1.54) is 25.7 Å². The number of carbonyl (C=O) groups excluding carboxylic acids is 2. The number of ether oxygens (including phenoxy) is 2. The molecule has 1 aromatic carbocycles. The minimum absolute atomic E-state index is 0.0147. The van der Waals surface area contributed by atoms with Gasteiger partial charge in [0.05, 0.1) is 19.3 Å². The summed E-state index contributed by atoms with van der Waals surface area (Å²) in [7, 11) is 1.55. The molecular formula is C24H36N2O4. The van der Waals surface area contributed by atoms with Crippen molar-refractivity contribution in [2.24, 2.45) is 11.8 Å². The standard InChI is InChI=1S/C24H36N2O4/c1-3-4-5-8-15-30-24(28)25-20-11-12-21(22(16-20)29-2)23(27)26-14-13-18-9-6-7-10-19(18)17-26/h11-12,16,18-19H,3-10,13-15,17H2,1-2H3,(H,25,28)/t18-,19+/m1/s1. The number of unbranched alkanes of at least 4 members (excludes halogenated alkanes) is 3. The average molecular weight is 417 g/mol. The van der Waals surface area contributed by atoms with Crippen LogP contribution in [0.5, 0.6) is 5.75 Å². The first-order valence-corrected chi connectivity index (χ1v) is 11.5. The maximum atomic E-state index is 13.1. The van der Waals surface area contributed by atoms with Gasteiger partial charge in [-0.2, -0.15) is 0 Å². The van der Waals surface area contributed by atoms with Crippen LogP contribution in [0, 0.1) is 11.8 Å². The molecule has 3 rings (SSSR count). The van der Waals surface area contributed by atoms with E-state index < -0.39 is 6.09 Å². The minimum Gasteiger partial charge on any atom is -0.496 e. The number of piperidine rings is 1. The lowest BCUT2D eigenvalue weighted by atomic mass is 9.75. The summed E-state index contributed by atoms with van der Waals surface area (Å²) < 4.78 is 10.7. The van der Waals surface area contributed by atoms with E-state index in [2.05, 4.69) is 12.2 Å². The SMILES string of the molecule is CCCCCCOC(=O)Nc1ccc(C(=O)N2CC[C@H]3CCCC[C@H]3C2)c(OC)c1. The zero-order chi connectivity index (χ0) is 21.3. The van der Waals surface area contributed by atoms with Crippen molar-refractivity contribution in [2.75, 3.05) is 32.1 Å². The predicted molar refractivity (Wildman–Crippen MR) is 118 cm³/mol. The highest BCUT2D eigenvalue weighted by atomic mass is 16.5. The molecule has 0 aromatic heterocycles. The van der Waals surface area contributed by atoms with Crippen molar-refractivity contribution in [1.29, 1.82) is 0 Å². The van der Waals surface area contributed by atoms with Crippen molar-refractivity contribution in [1.82, 2.24) is 4.90 Å². The van der Waals surface area contributed by atoms with Gasteiger partial charge in [-0.3, -0.25) is 10.1 Å². The molecule has 0 unspecified atom stereocenters. The molecule has 30 heavy (non-hydrogen) atoms. The Labute approximate surface area is 180 Å². The fourth-order valence-corrected chi connectivity index (χ4v) is 4.75. The van der Waals surface area contributed by atoms with E-state index in [0.29, 0.717) is 29.5 Å². The van der Waals surface area contributed by atoms with E-state index in [9.17, 15) is 9.59 Å². The van der Waals surface area contributed by atoms with Crippen LogP contribution in [-0.2, 0) is 4.74 Å².